The Hall–Kier alpha value is 0.700. The maximum absolute atomic E-state index is 4.58. The van der Waals surface area contributed by atoms with E-state index < -0.39 is 0 Å². The Balaban J connectivity index is 4.14. The average molecular weight is 375 g/mol. The predicted molar refractivity (Wildman–Crippen MR) is 120 cm³/mol. The molecule has 0 radical (unpaired) electrons. The van der Waals surface area contributed by atoms with Crippen LogP contribution in [-0.2, 0) is 0 Å². The molecule has 0 aromatic carbocycles. The van der Waals surface area contributed by atoms with Gasteiger partial charge in [-0.2, -0.15) is 25.3 Å². The zero-order valence-corrected chi connectivity index (χ0v) is 19.2. The van der Waals surface area contributed by atoms with Crippen molar-refractivity contribution in [3.63, 3.8) is 0 Å². The first kappa shape index (κ1) is 24.7. The minimum atomic E-state index is 0.389. The van der Waals surface area contributed by atoms with Gasteiger partial charge in [0.1, 0.15) is 0 Å². The van der Waals surface area contributed by atoms with Crippen LogP contribution in [0, 0.1) is 16.7 Å². The molecule has 0 aliphatic rings. The monoisotopic (exact) mass is 374 g/mol. The molecule has 146 valence electrons. The van der Waals surface area contributed by atoms with Crippen LogP contribution in [0.3, 0.4) is 0 Å². The Labute approximate surface area is 165 Å². The van der Waals surface area contributed by atoms with Gasteiger partial charge < -0.3 is 0 Å². The molecule has 0 bridgehead atoms. The van der Waals surface area contributed by atoms with Gasteiger partial charge in [0, 0.05) is 0 Å². The van der Waals surface area contributed by atoms with Crippen LogP contribution in [0.1, 0.15) is 112 Å². The summed E-state index contributed by atoms with van der Waals surface area (Å²) in [5.74, 6) is 2.91. The highest BCUT2D eigenvalue weighted by Crippen LogP contribution is 2.33. The Morgan fingerprint density at radius 3 is 1.71 bits per heavy atom. The Kier molecular flexibility index (Phi) is 14.2. The second kappa shape index (κ2) is 13.8. The first-order valence-corrected chi connectivity index (χ1v) is 11.7. The highest BCUT2D eigenvalue weighted by Gasteiger charge is 2.22. The van der Waals surface area contributed by atoms with E-state index >= 15 is 0 Å². The zero-order valence-electron chi connectivity index (χ0n) is 17.4. The van der Waals surface area contributed by atoms with Gasteiger partial charge in [-0.05, 0) is 41.1 Å². The summed E-state index contributed by atoms with van der Waals surface area (Å²) in [5.41, 5.74) is 0.794. The molecule has 0 fully saturated rings. The third-order valence-electron chi connectivity index (χ3n) is 5.38. The summed E-state index contributed by atoms with van der Waals surface area (Å²) in [7, 11) is 0. The SMILES string of the molecule is CCCCCCCCC(CCCCC(C)(C)CS)CC(C)(C)CS. The van der Waals surface area contributed by atoms with E-state index in [1.165, 1.54) is 77.0 Å². The predicted octanol–water partition coefficient (Wildman–Crippen LogP) is 8.22. The lowest BCUT2D eigenvalue weighted by molar-refractivity contribution is 0.260. The van der Waals surface area contributed by atoms with Crippen molar-refractivity contribution in [1.29, 1.82) is 0 Å². The van der Waals surface area contributed by atoms with Crippen LogP contribution in [0.5, 0.6) is 0 Å². The van der Waals surface area contributed by atoms with Crippen molar-refractivity contribution < 1.29 is 0 Å². The van der Waals surface area contributed by atoms with E-state index in [1.807, 2.05) is 0 Å². The molecule has 0 rings (SSSR count). The summed E-state index contributed by atoms with van der Waals surface area (Å²) >= 11 is 9.06. The van der Waals surface area contributed by atoms with Crippen LogP contribution in [-0.4, -0.2) is 11.5 Å². The van der Waals surface area contributed by atoms with Gasteiger partial charge in [0.05, 0.1) is 0 Å². The Bertz CT molecular complexity index is 284. The van der Waals surface area contributed by atoms with Crippen molar-refractivity contribution >= 4 is 25.3 Å². The molecule has 24 heavy (non-hydrogen) atoms. The zero-order chi connectivity index (χ0) is 18.5. The van der Waals surface area contributed by atoms with Crippen LogP contribution >= 0.6 is 25.3 Å². The van der Waals surface area contributed by atoms with Gasteiger partial charge in [0.25, 0.3) is 0 Å². The van der Waals surface area contributed by atoms with E-state index in [9.17, 15) is 0 Å². The quantitative estimate of drug-likeness (QED) is 0.197. The van der Waals surface area contributed by atoms with Crippen LogP contribution in [0.15, 0.2) is 0 Å². The summed E-state index contributed by atoms with van der Waals surface area (Å²) in [6.07, 6.45) is 16.8. The van der Waals surface area contributed by atoms with Gasteiger partial charge >= 0.3 is 0 Å². The Morgan fingerprint density at radius 1 is 0.667 bits per heavy atom. The van der Waals surface area contributed by atoms with Gasteiger partial charge in [-0.15, -0.1) is 0 Å². The molecule has 0 amide bonds. The van der Waals surface area contributed by atoms with Crippen molar-refractivity contribution in [2.24, 2.45) is 16.7 Å². The lowest BCUT2D eigenvalue weighted by Gasteiger charge is -2.29. The summed E-state index contributed by atoms with van der Waals surface area (Å²) in [4.78, 5) is 0. The fraction of sp³-hybridized carbons (Fsp3) is 1.00. The number of rotatable bonds is 16. The summed E-state index contributed by atoms with van der Waals surface area (Å²) < 4.78 is 0. The molecule has 2 heteroatoms. The average Bonchev–Trinajstić information content (AvgIpc) is 2.54. The van der Waals surface area contributed by atoms with Crippen molar-refractivity contribution in [3.05, 3.63) is 0 Å². The van der Waals surface area contributed by atoms with Crippen LogP contribution in [0.4, 0.5) is 0 Å². The topological polar surface area (TPSA) is 0 Å². The molecule has 0 N–H and O–H groups in total. The second-order valence-electron chi connectivity index (χ2n) is 9.52. The largest absolute Gasteiger partial charge is 0.179 e. The van der Waals surface area contributed by atoms with E-state index in [0.717, 1.165) is 17.4 Å². The number of hydrogen-bond donors (Lipinski definition) is 2. The van der Waals surface area contributed by atoms with Crippen molar-refractivity contribution in [2.45, 2.75) is 112 Å². The third kappa shape index (κ3) is 13.9. The molecule has 0 aliphatic carbocycles. The van der Waals surface area contributed by atoms with E-state index in [4.69, 9.17) is 0 Å². The van der Waals surface area contributed by atoms with Crippen molar-refractivity contribution in [1.82, 2.24) is 0 Å². The van der Waals surface area contributed by atoms with Gasteiger partial charge in [-0.1, -0.05) is 98.8 Å². The summed E-state index contributed by atoms with van der Waals surface area (Å²) in [5, 5.41) is 0. The third-order valence-corrected chi connectivity index (χ3v) is 7.09. The molecular weight excluding hydrogens is 328 g/mol. The van der Waals surface area contributed by atoms with E-state index in [1.54, 1.807) is 0 Å². The first-order valence-electron chi connectivity index (χ1n) is 10.5. The molecule has 0 aliphatic heterocycles. The smallest absolute Gasteiger partial charge is 0.00463 e. The molecule has 1 unspecified atom stereocenters. The molecule has 0 saturated carbocycles. The Morgan fingerprint density at radius 2 is 1.17 bits per heavy atom. The van der Waals surface area contributed by atoms with Gasteiger partial charge in [-0.25, -0.2) is 0 Å². The van der Waals surface area contributed by atoms with Crippen LogP contribution < -0.4 is 0 Å². The minimum absolute atomic E-state index is 0.389. The highest BCUT2D eigenvalue weighted by molar-refractivity contribution is 7.80. The molecule has 0 saturated heterocycles. The lowest BCUT2D eigenvalue weighted by atomic mass is 9.79. The van der Waals surface area contributed by atoms with Gasteiger partial charge in [0.15, 0.2) is 0 Å². The molecule has 0 nitrogen and oxygen atoms in total. The molecule has 0 heterocycles. The normalized spacial score (nSPS) is 14.1. The number of unbranched alkanes of at least 4 members (excludes halogenated alkanes) is 6. The standard InChI is InChI=1S/C22H46S2/c1-6-7-8-9-10-11-14-20(17-22(4,5)19-24)15-12-13-16-21(2,3)18-23/h20,23-24H,6-19H2,1-5H3. The van der Waals surface area contributed by atoms with Crippen molar-refractivity contribution in [2.75, 3.05) is 11.5 Å². The molecule has 1 atom stereocenters. The summed E-state index contributed by atoms with van der Waals surface area (Å²) in [6, 6.07) is 0. The molecule has 0 spiro atoms. The fourth-order valence-electron chi connectivity index (χ4n) is 3.52. The molecule has 0 aromatic heterocycles. The van der Waals surface area contributed by atoms with Crippen molar-refractivity contribution in [3.8, 4) is 0 Å². The molecular formula is C22H46S2. The van der Waals surface area contributed by atoms with Gasteiger partial charge in [0.2, 0.25) is 0 Å². The first-order chi connectivity index (χ1) is 11.3. The highest BCUT2D eigenvalue weighted by atomic mass is 32.1. The van der Waals surface area contributed by atoms with Crippen LogP contribution in [0.25, 0.3) is 0 Å². The van der Waals surface area contributed by atoms with Gasteiger partial charge in [-0.3, -0.25) is 0 Å². The second-order valence-corrected chi connectivity index (χ2v) is 10.1. The summed E-state index contributed by atoms with van der Waals surface area (Å²) in [6.45, 7) is 11.8. The number of hydrogen-bond acceptors (Lipinski definition) is 2. The van der Waals surface area contributed by atoms with E-state index in [-0.39, 0.29) is 0 Å². The van der Waals surface area contributed by atoms with E-state index in [0.29, 0.717) is 10.8 Å². The lowest BCUT2D eigenvalue weighted by Crippen LogP contribution is -2.19. The van der Waals surface area contributed by atoms with Crippen LogP contribution in [0.2, 0.25) is 0 Å². The molecule has 0 aromatic rings. The maximum atomic E-state index is 4.58. The fourth-order valence-corrected chi connectivity index (χ4v) is 3.81. The van der Waals surface area contributed by atoms with E-state index in [2.05, 4.69) is 59.9 Å². The minimum Gasteiger partial charge on any atom is -0.179 e. The number of thiol groups is 2. The maximum Gasteiger partial charge on any atom is -0.00463 e.